The number of hydrogen-bond acceptors (Lipinski definition) is 3. The van der Waals surface area contributed by atoms with Gasteiger partial charge in [-0.1, -0.05) is 0 Å². The molecule has 0 unspecified atom stereocenters. The van der Waals surface area contributed by atoms with Crippen molar-refractivity contribution in [1.82, 2.24) is 9.97 Å². The zero-order valence-corrected chi connectivity index (χ0v) is 8.77. The molecular formula is C8H9BrN2O. The Morgan fingerprint density at radius 2 is 1.67 bits per heavy atom. The molecule has 0 spiro atoms. The first kappa shape index (κ1) is 9.32. The number of aryl methyl sites for hydroxylation is 2. The third-order valence-electron chi connectivity index (χ3n) is 1.50. The van der Waals surface area contributed by atoms with Gasteiger partial charge in [-0.05, 0) is 29.8 Å². The van der Waals surface area contributed by atoms with Gasteiger partial charge in [-0.15, -0.1) is 0 Å². The molecule has 0 aliphatic rings. The van der Waals surface area contributed by atoms with E-state index in [2.05, 4.69) is 25.9 Å². The van der Waals surface area contributed by atoms with Gasteiger partial charge in [0.25, 0.3) is 0 Å². The molecule has 0 radical (unpaired) electrons. The maximum atomic E-state index is 10.9. The number of aromatic nitrogens is 2. The van der Waals surface area contributed by atoms with E-state index < -0.39 is 0 Å². The van der Waals surface area contributed by atoms with Crippen molar-refractivity contribution in [3.05, 3.63) is 21.7 Å². The smallest absolute Gasteiger partial charge is 0.196 e. The summed E-state index contributed by atoms with van der Waals surface area (Å²) in [5.74, 6) is 0.182. The van der Waals surface area contributed by atoms with Crippen LogP contribution in [-0.2, 0) is 0 Å². The van der Waals surface area contributed by atoms with Crippen LogP contribution in [0.4, 0.5) is 0 Å². The van der Waals surface area contributed by atoms with Crippen molar-refractivity contribution in [2.45, 2.75) is 20.8 Å². The standard InChI is InChI=1S/C8H9BrN2O/c1-4-7(9)5(2)11-8(10-4)6(3)12/h1-3H3. The summed E-state index contributed by atoms with van der Waals surface area (Å²) in [6, 6.07) is 0. The SMILES string of the molecule is CC(=O)c1nc(C)c(Br)c(C)n1. The number of nitrogens with zero attached hydrogens (tertiary/aromatic N) is 2. The van der Waals surface area contributed by atoms with Gasteiger partial charge in [-0.25, -0.2) is 9.97 Å². The molecule has 12 heavy (non-hydrogen) atoms. The maximum absolute atomic E-state index is 10.9. The highest BCUT2D eigenvalue weighted by Gasteiger charge is 2.08. The first-order valence-electron chi connectivity index (χ1n) is 3.54. The Morgan fingerprint density at radius 1 is 1.25 bits per heavy atom. The molecule has 0 bridgehead atoms. The predicted octanol–water partition coefficient (Wildman–Crippen LogP) is 2.06. The minimum Gasteiger partial charge on any atom is -0.291 e. The summed E-state index contributed by atoms with van der Waals surface area (Å²) in [7, 11) is 0. The lowest BCUT2D eigenvalue weighted by atomic mass is 10.3. The molecule has 1 heterocycles. The summed E-state index contributed by atoms with van der Waals surface area (Å²) in [6.07, 6.45) is 0. The minimum atomic E-state index is -0.103. The first-order chi connectivity index (χ1) is 5.52. The predicted molar refractivity (Wildman–Crippen MR) is 49.2 cm³/mol. The Hall–Kier alpha value is -0.770. The van der Waals surface area contributed by atoms with Crippen molar-refractivity contribution >= 4 is 21.7 Å². The van der Waals surface area contributed by atoms with E-state index in [1.165, 1.54) is 6.92 Å². The van der Waals surface area contributed by atoms with Crippen molar-refractivity contribution in [2.24, 2.45) is 0 Å². The van der Waals surface area contributed by atoms with E-state index in [4.69, 9.17) is 0 Å². The van der Waals surface area contributed by atoms with E-state index in [9.17, 15) is 4.79 Å². The van der Waals surface area contributed by atoms with Gasteiger partial charge in [-0.3, -0.25) is 4.79 Å². The Balaban J connectivity index is 3.31. The van der Waals surface area contributed by atoms with Crippen LogP contribution in [0.15, 0.2) is 4.47 Å². The molecule has 0 atom stereocenters. The monoisotopic (exact) mass is 228 g/mol. The summed E-state index contributed by atoms with van der Waals surface area (Å²) in [5, 5.41) is 0. The zero-order valence-electron chi connectivity index (χ0n) is 7.18. The number of halogens is 1. The van der Waals surface area contributed by atoms with Crippen LogP contribution in [0.5, 0.6) is 0 Å². The number of Topliss-reactive ketones (excluding diaryl/α,β-unsaturated/α-hetero) is 1. The van der Waals surface area contributed by atoms with E-state index in [0.29, 0.717) is 0 Å². The van der Waals surface area contributed by atoms with Gasteiger partial charge in [-0.2, -0.15) is 0 Å². The number of ketones is 1. The lowest BCUT2D eigenvalue weighted by Gasteiger charge is -2.02. The Bertz CT molecular complexity index is 313. The molecule has 0 N–H and O–H groups in total. The van der Waals surface area contributed by atoms with E-state index in [-0.39, 0.29) is 11.6 Å². The normalized spacial score (nSPS) is 10.0. The molecule has 1 aromatic heterocycles. The molecule has 1 aromatic rings. The molecule has 0 saturated carbocycles. The van der Waals surface area contributed by atoms with Crippen LogP contribution >= 0.6 is 15.9 Å². The highest BCUT2D eigenvalue weighted by atomic mass is 79.9. The fourth-order valence-corrected chi connectivity index (χ4v) is 1.04. The molecule has 0 saturated heterocycles. The van der Waals surface area contributed by atoms with Crippen LogP contribution in [0.25, 0.3) is 0 Å². The van der Waals surface area contributed by atoms with Gasteiger partial charge in [0, 0.05) is 6.92 Å². The summed E-state index contributed by atoms with van der Waals surface area (Å²) in [4.78, 5) is 19.0. The van der Waals surface area contributed by atoms with Crippen LogP contribution in [-0.4, -0.2) is 15.8 Å². The zero-order chi connectivity index (χ0) is 9.30. The molecule has 4 heteroatoms. The summed E-state index contributed by atoms with van der Waals surface area (Å²) >= 11 is 3.33. The summed E-state index contributed by atoms with van der Waals surface area (Å²) < 4.78 is 0.868. The third kappa shape index (κ3) is 1.69. The maximum Gasteiger partial charge on any atom is 0.196 e. The fourth-order valence-electron chi connectivity index (χ4n) is 0.860. The van der Waals surface area contributed by atoms with E-state index >= 15 is 0 Å². The summed E-state index contributed by atoms with van der Waals surface area (Å²) in [5.41, 5.74) is 1.60. The van der Waals surface area contributed by atoms with Gasteiger partial charge >= 0.3 is 0 Å². The molecule has 0 fully saturated rings. The average molecular weight is 229 g/mol. The average Bonchev–Trinajstić information content (AvgIpc) is 1.99. The molecule has 0 aliphatic carbocycles. The molecule has 1 rings (SSSR count). The van der Waals surface area contributed by atoms with Gasteiger partial charge in [0.15, 0.2) is 11.6 Å². The second kappa shape index (κ2) is 3.31. The van der Waals surface area contributed by atoms with Gasteiger partial charge < -0.3 is 0 Å². The van der Waals surface area contributed by atoms with Crippen molar-refractivity contribution in [3.63, 3.8) is 0 Å². The largest absolute Gasteiger partial charge is 0.291 e. The van der Waals surface area contributed by atoms with E-state index in [1.807, 2.05) is 13.8 Å². The van der Waals surface area contributed by atoms with Gasteiger partial charge in [0.05, 0.1) is 15.9 Å². The highest BCUT2D eigenvalue weighted by molar-refractivity contribution is 9.10. The van der Waals surface area contributed by atoms with Crippen LogP contribution in [0.3, 0.4) is 0 Å². The Labute approximate surface area is 79.4 Å². The lowest BCUT2D eigenvalue weighted by molar-refractivity contribution is 0.100. The quantitative estimate of drug-likeness (QED) is 0.692. The Kier molecular flexibility index (Phi) is 2.57. The molecule has 0 aliphatic heterocycles. The highest BCUT2D eigenvalue weighted by Crippen LogP contribution is 2.16. The lowest BCUT2D eigenvalue weighted by Crippen LogP contribution is -2.04. The van der Waals surface area contributed by atoms with Crippen LogP contribution in [0.2, 0.25) is 0 Å². The number of carbonyl (C=O) groups excluding carboxylic acids is 1. The second-order valence-electron chi connectivity index (χ2n) is 2.59. The molecule has 3 nitrogen and oxygen atoms in total. The Morgan fingerprint density at radius 3 is 2.00 bits per heavy atom. The molecular weight excluding hydrogens is 220 g/mol. The topological polar surface area (TPSA) is 42.9 Å². The third-order valence-corrected chi connectivity index (χ3v) is 2.65. The van der Waals surface area contributed by atoms with Crippen molar-refractivity contribution in [3.8, 4) is 0 Å². The van der Waals surface area contributed by atoms with Crippen LogP contribution in [0, 0.1) is 13.8 Å². The van der Waals surface area contributed by atoms with Gasteiger partial charge in [0.2, 0.25) is 0 Å². The molecule has 0 amide bonds. The van der Waals surface area contributed by atoms with E-state index in [0.717, 1.165) is 15.9 Å². The molecule has 0 aromatic carbocycles. The summed E-state index contributed by atoms with van der Waals surface area (Å²) in [6.45, 7) is 5.14. The minimum absolute atomic E-state index is 0.103. The van der Waals surface area contributed by atoms with Crippen LogP contribution in [0.1, 0.15) is 28.9 Å². The fraction of sp³-hybridized carbons (Fsp3) is 0.375. The number of rotatable bonds is 1. The number of hydrogen-bond donors (Lipinski definition) is 0. The van der Waals surface area contributed by atoms with Crippen molar-refractivity contribution < 1.29 is 4.79 Å². The first-order valence-corrected chi connectivity index (χ1v) is 4.33. The number of carbonyl (C=O) groups is 1. The van der Waals surface area contributed by atoms with Crippen LogP contribution < -0.4 is 0 Å². The van der Waals surface area contributed by atoms with Gasteiger partial charge in [0.1, 0.15) is 0 Å². The second-order valence-corrected chi connectivity index (χ2v) is 3.38. The molecule has 64 valence electrons. The van der Waals surface area contributed by atoms with E-state index in [1.54, 1.807) is 0 Å². The van der Waals surface area contributed by atoms with Crippen molar-refractivity contribution in [1.29, 1.82) is 0 Å². The van der Waals surface area contributed by atoms with Crippen molar-refractivity contribution in [2.75, 3.05) is 0 Å².